The van der Waals surface area contributed by atoms with Crippen molar-refractivity contribution in [3.8, 4) is 5.75 Å². The molecule has 25 heavy (non-hydrogen) atoms. The van der Waals surface area contributed by atoms with E-state index in [4.69, 9.17) is 4.74 Å². The largest absolute Gasteiger partial charge is 0.493 e. The molecule has 1 aromatic carbocycles. The molecule has 0 fully saturated rings. The number of amides is 2. The molecular weight excluding hydrogens is 324 g/mol. The summed E-state index contributed by atoms with van der Waals surface area (Å²) in [5.41, 5.74) is 0.345. The topological polar surface area (TPSA) is 95.9 Å². The van der Waals surface area contributed by atoms with E-state index in [0.717, 1.165) is 0 Å². The van der Waals surface area contributed by atoms with Gasteiger partial charge in [0.05, 0.1) is 6.61 Å². The number of rotatable bonds is 9. The number of benzene rings is 1. The standard InChI is InChI=1S/C18H26N2O5/c1-12(2)11-25-16-7-5-6-15(10-16)17(22)20(13(3)18(23)24)9-8-19-14(4)21/h5-7,10,12-13H,8-9,11H2,1-4H3,(H,19,21)(H,23,24). The lowest BCUT2D eigenvalue weighted by atomic mass is 10.1. The van der Waals surface area contributed by atoms with Crippen LogP contribution in [0.1, 0.15) is 38.1 Å². The van der Waals surface area contributed by atoms with Crippen LogP contribution in [-0.4, -0.2) is 53.5 Å². The lowest BCUT2D eigenvalue weighted by Gasteiger charge is -2.27. The second-order valence-corrected chi connectivity index (χ2v) is 6.23. The molecule has 2 amide bonds. The highest BCUT2D eigenvalue weighted by Gasteiger charge is 2.26. The van der Waals surface area contributed by atoms with Crippen LogP contribution in [0.3, 0.4) is 0 Å². The van der Waals surface area contributed by atoms with Crippen LogP contribution in [0.15, 0.2) is 24.3 Å². The van der Waals surface area contributed by atoms with Crippen LogP contribution in [0, 0.1) is 5.92 Å². The first kappa shape index (κ1) is 20.5. The fourth-order valence-corrected chi connectivity index (χ4v) is 2.10. The number of hydrogen-bond acceptors (Lipinski definition) is 4. The molecule has 0 radical (unpaired) electrons. The smallest absolute Gasteiger partial charge is 0.326 e. The molecule has 0 bridgehead atoms. The van der Waals surface area contributed by atoms with Gasteiger partial charge in [-0.25, -0.2) is 4.79 Å². The number of carbonyl (C=O) groups is 3. The number of carboxylic acid groups (broad SMARTS) is 1. The van der Waals surface area contributed by atoms with Crippen LogP contribution in [0.2, 0.25) is 0 Å². The zero-order valence-corrected chi connectivity index (χ0v) is 15.1. The summed E-state index contributed by atoms with van der Waals surface area (Å²) in [6.07, 6.45) is 0. The van der Waals surface area contributed by atoms with Crippen molar-refractivity contribution in [1.29, 1.82) is 0 Å². The zero-order chi connectivity index (χ0) is 19.0. The van der Waals surface area contributed by atoms with E-state index >= 15 is 0 Å². The minimum atomic E-state index is -1.11. The number of ether oxygens (including phenoxy) is 1. The molecule has 0 saturated carbocycles. The second kappa shape index (κ2) is 9.66. The van der Waals surface area contributed by atoms with Crippen LogP contribution in [0.25, 0.3) is 0 Å². The predicted molar refractivity (Wildman–Crippen MR) is 93.6 cm³/mol. The number of hydrogen-bond donors (Lipinski definition) is 2. The quantitative estimate of drug-likeness (QED) is 0.708. The van der Waals surface area contributed by atoms with Gasteiger partial charge in [-0.1, -0.05) is 19.9 Å². The minimum absolute atomic E-state index is 0.100. The van der Waals surface area contributed by atoms with Gasteiger partial charge in [0.1, 0.15) is 11.8 Å². The van der Waals surface area contributed by atoms with Crippen molar-refractivity contribution in [2.75, 3.05) is 19.7 Å². The SMILES string of the molecule is CC(=O)NCCN(C(=O)c1cccc(OCC(C)C)c1)C(C)C(=O)O. The number of carboxylic acids is 1. The molecule has 0 saturated heterocycles. The van der Waals surface area contributed by atoms with Gasteiger partial charge in [0.2, 0.25) is 5.91 Å². The Bertz CT molecular complexity index is 615. The van der Waals surface area contributed by atoms with Crippen LogP contribution in [0.4, 0.5) is 0 Å². The monoisotopic (exact) mass is 350 g/mol. The molecule has 1 unspecified atom stereocenters. The molecule has 0 aliphatic rings. The molecule has 0 aliphatic heterocycles. The summed E-state index contributed by atoms with van der Waals surface area (Å²) in [5.74, 6) is -0.858. The molecule has 1 atom stereocenters. The maximum Gasteiger partial charge on any atom is 0.326 e. The van der Waals surface area contributed by atoms with E-state index in [9.17, 15) is 19.5 Å². The van der Waals surface area contributed by atoms with E-state index in [1.165, 1.54) is 18.7 Å². The first-order valence-electron chi connectivity index (χ1n) is 8.23. The molecule has 7 nitrogen and oxygen atoms in total. The average Bonchev–Trinajstić information content (AvgIpc) is 2.55. The average molecular weight is 350 g/mol. The van der Waals surface area contributed by atoms with E-state index in [0.29, 0.717) is 23.8 Å². The third-order valence-electron chi connectivity index (χ3n) is 3.48. The molecular formula is C18H26N2O5. The van der Waals surface area contributed by atoms with Gasteiger partial charge in [-0.15, -0.1) is 0 Å². The van der Waals surface area contributed by atoms with Crippen LogP contribution in [0.5, 0.6) is 5.75 Å². The Morgan fingerprint density at radius 3 is 2.48 bits per heavy atom. The van der Waals surface area contributed by atoms with Crippen molar-refractivity contribution in [2.45, 2.75) is 33.7 Å². The maximum atomic E-state index is 12.8. The molecule has 7 heteroatoms. The zero-order valence-electron chi connectivity index (χ0n) is 15.1. The summed E-state index contributed by atoms with van der Waals surface area (Å²) >= 11 is 0. The molecule has 2 N–H and O–H groups in total. The van der Waals surface area contributed by atoms with E-state index in [1.807, 2.05) is 13.8 Å². The van der Waals surface area contributed by atoms with E-state index in [2.05, 4.69) is 5.32 Å². The third kappa shape index (κ3) is 6.82. The summed E-state index contributed by atoms with van der Waals surface area (Å²) < 4.78 is 5.61. The number of nitrogens with one attached hydrogen (secondary N) is 1. The fraction of sp³-hybridized carbons (Fsp3) is 0.500. The van der Waals surface area contributed by atoms with Crippen LogP contribution < -0.4 is 10.1 Å². The van der Waals surface area contributed by atoms with Gasteiger partial charge < -0.3 is 20.1 Å². The third-order valence-corrected chi connectivity index (χ3v) is 3.48. The molecule has 138 valence electrons. The lowest BCUT2D eigenvalue weighted by Crippen LogP contribution is -2.46. The number of aliphatic carboxylic acids is 1. The Morgan fingerprint density at radius 2 is 1.92 bits per heavy atom. The van der Waals surface area contributed by atoms with Crippen LogP contribution >= 0.6 is 0 Å². The molecule has 0 heterocycles. The van der Waals surface area contributed by atoms with Gasteiger partial charge >= 0.3 is 5.97 Å². The van der Waals surface area contributed by atoms with E-state index in [-0.39, 0.29) is 19.0 Å². The molecule has 1 rings (SSSR count). The number of carbonyl (C=O) groups excluding carboxylic acids is 2. The van der Waals surface area contributed by atoms with Crippen molar-refractivity contribution in [2.24, 2.45) is 5.92 Å². The number of nitrogens with zero attached hydrogens (tertiary/aromatic N) is 1. The first-order valence-corrected chi connectivity index (χ1v) is 8.23. The minimum Gasteiger partial charge on any atom is -0.493 e. The van der Waals surface area contributed by atoms with Crippen molar-refractivity contribution in [3.63, 3.8) is 0 Å². The second-order valence-electron chi connectivity index (χ2n) is 6.23. The van der Waals surface area contributed by atoms with Gasteiger partial charge in [-0.2, -0.15) is 0 Å². The van der Waals surface area contributed by atoms with Gasteiger partial charge in [0.25, 0.3) is 5.91 Å². The summed E-state index contributed by atoms with van der Waals surface area (Å²) in [6, 6.07) is 5.65. The highest BCUT2D eigenvalue weighted by Crippen LogP contribution is 2.17. The molecule has 0 aliphatic carbocycles. The lowest BCUT2D eigenvalue weighted by molar-refractivity contribution is -0.141. The highest BCUT2D eigenvalue weighted by atomic mass is 16.5. The van der Waals surface area contributed by atoms with E-state index in [1.54, 1.807) is 24.3 Å². The molecule has 1 aromatic rings. The Labute approximate surface area is 148 Å². The van der Waals surface area contributed by atoms with Gasteiger partial charge in [0.15, 0.2) is 0 Å². The Balaban J connectivity index is 2.93. The van der Waals surface area contributed by atoms with Gasteiger partial charge in [-0.3, -0.25) is 9.59 Å². The predicted octanol–water partition coefficient (Wildman–Crippen LogP) is 1.77. The molecule has 0 spiro atoms. The fourth-order valence-electron chi connectivity index (χ4n) is 2.10. The van der Waals surface area contributed by atoms with Gasteiger partial charge in [0, 0.05) is 25.6 Å². The van der Waals surface area contributed by atoms with Crippen LogP contribution in [-0.2, 0) is 9.59 Å². The van der Waals surface area contributed by atoms with Crippen molar-refractivity contribution >= 4 is 17.8 Å². The van der Waals surface area contributed by atoms with Crippen molar-refractivity contribution < 1.29 is 24.2 Å². The van der Waals surface area contributed by atoms with E-state index < -0.39 is 17.9 Å². The summed E-state index contributed by atoms with van der Waals surface area (Å²) in [5, 5.41) is 11.8. The summed E-state index contributed by atoms with van der Waals surface area (Å²) in [7, 11) is 0. The van der Waals surface area contributed by atoms with Crippen molar-refractivity contribution in [1.82, 2.24) is 10.2 Å². The Kier molecular flexibility index (Phi) is 7.91. The Morgan fingerprint density at radius 1 is 1.24 bits per heavy atom. The summed E-state index contributed by atoms with van der Waals surface area (Å²) in [6.45, 7) is 7.65. The normalized spacial score (nSPS) is 11.7. The summed E-state index contributed by atoms with van der Waals surface area (Å²) in [4.78, 5) is 36.3. The van der Waals surface area contributed by atoms with Gasteiger partial charge in [-0.05, 0) is 31.0 Å². The molecule has 0 aromatic heterocycles. The maximum absolute atomic E-state index is 12.8. The first-order chi connectivity index (χ1) is 11.7. The Hall–Kier alpha value is -2.57. The highest BCUT2D eigenvalue weighted by molar-refractivity contribution is 5.97. The van der Waals surface area contributed by atoms with Crippen molar-refractivity contribution in [3.05, 3.63) is 29.8 Å².